The molecule has 1 fully saturated rings. The van der Waals surface area contributed by atoms with Crippen molar-refractivity contribution in [1.82, 2.24) is 19.9 Å². The van der Waals surface area contributed by atoms with Gasteiger partial charge in [0.2, 0.25) is 0 Å². The molecule has 0 atom stereocenters. The summed E-state index contributed by atoms with van der Waals surface area (Å²) in [6.07, 6.45) is 3.05. The number of carbonyl (C=O) groups is 1. The number of aromatic amines is 1. The molecule has 2 N–H and O–H groups in total. The Labute approximate surface area is 233 Å². The number of H-pyrrole nitrogens is 1. The zero-order valence-electron chi connectivity index (χ0n) is 21.3. The third-order valence-corrected chi connectivity index (χ3v) is 7.37. The Morgan fingerprint density at radius 3 is 2.70 bits per heavy atom. The molecule has 2 aromatic heterocycles. The third-order valence-electron chi connectivity index (χ3n) is 7.04. The number of hydrogen-bond donors (Lipinski definition) is 2. The summed E-state index contributed by atoms with van der Waals surface area (Å²) in [5.41, 5.74) is 2.78. The minimum absolute atomic E-state index is 0.0225. The summed E-state index contributed by atoms with van der Waals surface area (Å²) in [5.74, 6) is 2.64. The molecule has 2 aliphatic rings. The summed E-state index contributed by atoms with van der Waals surface area (Å²) in [5, 5.41) is 2.13. The van der Waals surface area contributed by atoms with Crippen LogP contribution in [-0.2, 0) is 25.6 Å². The van der Waals surface area contributed by atoms with Gasteiger partial charge in [0.1, 0.15) is 17.2 Å². The van der Waals surface area contributed by atoms with Crippen LogP contribution in [0.2, 0.25) is 5.02 Å². The topological polar surface area (TPSA) is 83.1 Å². The highest BCUT2D eigenvalue weighted by Crippen LogP contribution is 2.37. The Hall–Kier alpha value is -4.05. The van der Waals surface area contributed by atoms with E-state index in [9.17, 15) is 18.0 Å². The molecule has 4 aromatic rings. The van der Waals surface area contributed by atoms with Crippen molar-refractivity contribution in [3.8, 4) is 23.0 Å². The van der Waals surface area contributed by atoms with Crippen LogP contribution < -0.4 is 10.1 Å². The number of benzene rings is 2. The standard InChI is InChI=1S/C29H25ClF3N5O2/c30-25-6-4-20(13-24(25)29(31,32)33)37-28(39)38-10-8-18-3-5-22(12-19(18)16-38)40-23-7-9-34-26(14-23)27-35-15-21(36-27)11-17-1-2-17/h3-7,9,12-15,17H,1-2,8,10-11,16H2,(H,35,36)(H,37,39). The SMILES string of the molecule is O=C(Nc1ccc(Cl)c(C(F)(F)F)c1)N1CCc2ccc(Oc3ccnc(-c4ncc(CC5CC5)[nH]4)c3)cc2C1. The van der Waals surface area contributed by atoms with Crippen LogP contribution in [0.25, 0.3) is 11.5 Å². The van der Waals surface area contributed by atoms with Crippen molar-refractivity contribution in [2.45, 2.75) is 38.4 Å². The molecule has 0 radical (unpaired) electrons. The molecule has 40 heavy (non-hydrogen) atoms. The summed E-state index contributed by atoms with van der Waals surface area (Å²) >= 11 is 5.69. The van der Waals surface area contributed by atoms with E-state index in [0.717, 1.165) is 41.3 Å². The second-order valence-corrected chi connectivity index (χ2v) is 10.5. The summed E-state index contributed by atoms with van der Waals surface area (Å²) in [6, 6.07) is 12.1. The van der Waals surface area contributed by atoms with Gasteiger partial charge < -0.3 is 19.9 Å². The number of imidazole rings is 1. The molecule has 0 bridgehead atoms. The fraction of sp³-hybridized carbons (Fsp3) is 0.276. The van der Waals surface area contributed by atoms with Crippen LogP contribution in [0.5, 0.6) is 11.5 Å². The molecular formula is C29H25ClF3N5O2. The van der Waals surface area contributed by atoms with Crippen molar-refractivity contribution in [3.63, 3.8) is 0 Å². The summed E-state index contributed by atoms with van der Waals surface area (Å²) in [6.45, 7) is 0.716. The monoisotopic (exact) mass is 567 g/mol. The van der Waals surface area contributed by atoms with Crippen LogP contribution in [0.1, 0.15) is 35.2 Å². The summed E-state index contributed by atoms with van der Waals surface area (Å²) in [7, 11) is 0. The molecule has 1 aliphatic carbocycles. The normalized spacial score (nSPS) is 15.1. The Morgan fingerprint density at radius 1 is 1.07 bits per heavy atom. The van der Waals surface area contributed by atoms with E-state index in [-0.39, 0.29) is 12.2 Å². The fourth-order valence-corrected chi connectivity index (χ4v) is 4.98. The van der Waals surface area contributed by atoms with Gasteiger partial charge >= 0.3 is 12.2 Å². The van der Waals surface area contributed by atoms with E-state index in [2.05, 4.69) is 20.3 Å². The lowest BCUT2D eigenvalue weighted by Crippen LogP contribution is -2.38. The number of ether oxygens (including phenoxy) is 1. The van der Waals surface area contributed by atoms with E-state index in [1.165, 1.54) is 18.9 Å². The number of urea groups is 1. The number of rotatable bonds is 6. The minimum Gasteiger partial charge on any atom is -0.457 e. The average Bonchev–Trinajstić information content (AvgIpc) is 3.62. The highest BCUT2D eigenvalue weighted by molar-refractivity contribution is 6.31. The predicted molar refractivity (Wildman–Crippen MR) is 144 cm³/mol. The average molecular weight is 568 g/mol. The number of carbonyl (C=O) groups excluding carboxylic acids is 1. The second-order valence-electron chi connectivity index (χ2n) is 10.1. The highest BCUT2D eigenvalue weighted by atomic mass is 35.5. The molecular weight excluding hydrogens is 543 g/mol. The van der Waals surface area contributed by atoms with Gasteiger partial charge in [-0.05, 0) is 79.1 Å². The van der Waals surface area contributed by atoms with Crippen molar-refractivity contribution >= 4 is 23.3 Å². The van der Waals surface area contributed by atoms with Gasteiger partial charge in [-0.15, -0.1) is 0 Å². The number of hydrogen-bond acceptors (Lipinski definition) is 4. The van der Waals surface area contributed by atoms with Gasteiger partial charge in [-0.25, -0.2) is 9.78 Å². The maximum Gasteiger partial charge on any atom is 0.417 e. The first-order valence-electron chi connectivity index (χ1n) is 12.9. The Balaban J connectivity index is 1.13. The van der Waals surface area contributed by atoms with Gasteiger partial charge in [0, 0.05) is 42.9 Å². The number of pyridine rings is 1. The van der Waals surface area contributed by atoms with Crippen molar-refractivity contribution in [1.29, 1.82) is 0 Å². The maximum absolute atomic E-state index is 13.2. The van der Waals surface area contributed by atoms with Crippen molar-refractivity contribution in [2.24, 2.45) is 5.92 Å². The minimum atomic E-state index is -4.62. The lowest BCUT2D eigenvalue weighted by molar-refractivity contribution is -0.137. The number of nitrogens with one attached hydrogen (secondary N) is 2. The summed E-state index contributed by atoms with van der Waals surface area (Å²) < 4.78 is 45.7. The van der Waals surface area contributed by atoms with Crippen molar-refractivity contribution in [3.05, 3.63) is 88.3 Å². The molecule has 0 unspecified atom stereocenters. The molecule has 206 valence electrons. The first-order valence-corrected chi connectivity index (χ1v) is 13.3. The molecule has 2 amide bonds. The number of alkyl halides is 3. The fourth-order valence-electron chi connectivity index (χ4n) is 4.76. The van der Waals surface area contributed by atoms with Crippen LogP contribution in [0.3, 0.4) is 0 Å². The first-order chi connectivity index (χ1) is 19.2. The predicted octanol–water partition coefficient (Wildman–Crippen LogP) is 7.48. The van der Waals surface area contributed by atoms with E-state index < -0.39 is 22.8 Å². The number of halogens is 4. The van der Waals surface area contributed by atoms with Gasteiger partial charge in [-0.3, -0.25) is 4.98 Å². The van der Waals surface area contributed by atoms with E-state index in [0.29, 0.717) is 36.0 Å². The summed E-state index contributed by atoms with van der Waals surface area (Å²) in [4.78, 5) is 26.7. The zero-order chi connectivity index (χ0) is 27.9. The van der Waals surface area contributed by atoms with Gasteiger partial charge in [0.05, 0.1) is 10.6 Å². The third kappa shape index (κ3) is 5.91. The number of aromatic nitrogens is 3. The lowest BCUT2D eigenvalue weighted by atomic mass is 10.00. The van der Waals surface area contributed by atoms with Gasteiger partial charge in [0.25, 0.3) is 0 Å². The van der Waals surface area contributed by atoms with Crippen molar-refractivity contribution < 1.29 is 22.7 Å². The van der Waals surface area contributed by atoms with Gasteiger partial charge in [-0.1, -0.05) is 17.7 Å². The highest BCUT2D eigenvalue weighted by Gasteiger charge is 2.33. The van der Waals surface area contributed by atoms with E-state index in [1.807, 2.05) is 30.5 Å². The first kappa shape index (κ1) is 26.2. The van der Waals surface area contributed by atoms with Crippen LogP contribution in [0, 0.1) is 5.92 Å². The van der Waals surface area contributed by atoms with Crippen LogP contribution in [-0.4, -0.2) is 32.4 Å². The molecule has 6 rings (SSSR count). The van der Waals surface area contributed by atoms with E-state index in [1.54, 1.807) is 17.2 Å². The quantitative estimate of drug-likeness (QED) is 0.253. The van der Waals surface area contributed by atoms with Crippen LogP contribution in [0.4, 0.5) is 23.7 Å². The Morgan fingerprint density at radius 2 is 1.90 bits per heavy atom. The molecule has 3 heterocycles. The maximum atomic E-state index is 13.2. The zero-order valence-corrected chi connectivity index (χ0v) is 22.0. The smallest absolute Gasteiger partial charge is 0.417 e. The molecule has 0 spiro atoms. The van der Waals surface area contributed by atoms with Crippen LogP contribution in [0.15, 0.2) is 60.9 Å². The molecule has 2 aromatic carbocycles. The van der Waals surface area contributed by atoms with E-state index in [4.69, 9.17) is 16.3 Å². The molecule has 7 nitrogen and oxygen atoms in total. The Bertz CT molecular complexity index is 1570. The number of nitrogens with zero attached hydrogens (tertiary/aromatic N) is 3. The van der Waals surface area contributed by atoms with Gasteiger partial charge in [0.15, 0.2) is 5.82 Å². The van der Waals surface area contributed by atoms with Crippen LogP contribution >= 0.6 is 11.6 Å². The second kappa shape index (κ2) is 10.5. The van der Waals surface area contributed by atoms with Gasteiger partial charge in [-0.2, -0.15) is 13.2 Å². The largest absolute Gasteiger partial charge is 0.457 e. The Kier molecular flexibility index (Phi) is 6.87. The number of fused-ring (bicyclic) bond motifs is 1. The molecule has 0 saturated heterocycles. The van der Waals surface area contributed by atoms with Crippen molar-refractivity contribution in [2.75, 3.05) is 11.9 Å². The number of anilines is 1. The van der Waals surface area contributed by atoms with E-state index >= 15 is 0 Å². The number of amides is 2. The molecule has 1 aliphatic heterocycles. The molecule has 1 saturated carbocycles. The lowest BCUT2D eigenvalue weighted by Gasteiger charge is -2.29. The molecule has 11 heteroatoms.